The molecular weight excluding hydrogens is 426 g/mol. The van der Waals surface area contributed by atoms with E-state index < -0.39 is 17.7 Å². The van der Waals surface area contributed by atoms with Crippen LogP contribution in [0.25, 0.3) is 10.9 Å². The summed E-state index contributed by atoms with van der Waals surface area (Å²) in [4.78, 5) is 31.5. The summed E-state index contributed by atoms with van der Waals surface area (Å²) in [7, 11) is 0. The predicted molar refractivity (Wildman–Crippen MR) is 135 cm³/mol. The second-order valence-electron chi connectivity index (χ2n) is 10.2. The van der Waals surface area contributed by atoms with Gasteiger partial charge in [-0.1, -0.05) is 48.5 Å². The fourth-order valence-electron chi connectivity index (χ4n) is 4.77. The van der Waals surface area contributed by atoms with Crippen LogP contribution in [0.1, 0.15) is 44.7 Å². The molecule has 3 aromatic rings. The van der Waals surface area contributed by atoms with Crippen molar-refractivity contribution in [2.45, 2.75) is 58.1 Å². The summed E-state index contributed by atoms with van der Waals surface area (Å²) in [6, 6.07) is 17.7. The number of piperidine rings is 1. The molecule has 2 aromatic carbocycles. The minimum Gasteiger partial charge on any atom is -0.444 e. The first-order valence-electron chi connectivity index (χ1n) is 12.2. The van der Waals surface area contributed by atoms with Crippen LogP contribution in [0.15, 0.2) is 60.8 Å². The SMILES string of the molecule is CC(C)(C)OC(=O)NC(Cc1c[nH]c2ccccc12)C(=O)N1CCC[C@H](Cc2ccccc2)C1. The molecule has 0 radical (unpaired) electrons. The maximum absolute atomic E-state index is 13.7. The lowest BCUT2D eigenvalue weighted by atomic mass is 9.90. The van der Waals surface area contributed by atoms with Gasteiger partial charge in [0.2, 0.25) is 5.91 Å². The number of rotatable bonds is 6. The number of hydrogen-bond acceptors (Lipinski definition) is 3. The first-order chi connectivity index (χ1) is 16.3. The van der Waals surface area contributed by atoms with Crippen molar-refractivity contribution < 1.29 is 14.3 Å². The molecule has 1 aliphatic heterocycles. The van der Waals surface area contributed by atoms with E-state index in [1.807, 2.05) is 62.2 Å². The summed E-state index contributed by atoms with van der Waals surface area (Å²) in [5.74, 6) is 0.365. The summed E-state index contributed by atoms with van der Waals surface area (Å²) in [6.45, 7) is 6.88. The number of fused-ring (bicyclic) bond motifs is 1. The van der Waals surface area contributed by atoms with Crippen molar-refractivity contribution in [1.82, 2.24) is 15.2 Å². The molecule has 2 N–H and O–H groups in total. The Morgan fingerprint density at radius 1 is 1.12 bits per heavy atom. The van der Waals surface area contributed by atoms with Gasteiger partial charge in [0, 0.05) is 36.6 Å². The number of benzene rings is 2. The molecule has 1 fully saturated rings. The lowest BCUT2D eigenvalue weighted by molar-refractivity contribution is -0.135. The maximum atomic E-state index is 13.7. The third-order valence-corrected chi connectivity index (χ3v) is 6.29. The quantitative estimate of drug-likeness (QED) is 0.537. The Bertz CT molecular complexity index is 1120. The van der Waals surface area contributed by atoms with Crippen LogP contribution in [-0.4, -0.2) is 46.6 Å². The third-order valence-electron chi connectivity index (χ3n) is 6.29. The molecule has 1 unspecified atom stereocenters. The van der Waals surface area contributed by atoms with Crippen LogP contribution in [0.5, 0.6) is 0 Å². The molecule has 2 atom stereocenters. The minimum absolute atomic E-state index is 0.0473. The Kier molecular flexibility index (Phi) is 7.25. The zero-order valence-electron chi connectivity index (χ0n) is 20.3. The molecule has 0 saturated carbocycles. The van der Waals surface area contributed by atoms with Crippen LogP contribution >= 0.6 is 0 Å². The number of carbonyl (C=O) groups excluding carboxylic acids is 2. The van der Waals surface area contributed by atoms with Crippen molar-refractivity contribution in [2.24, 2.45) is 5.92 Å². The average Bonchev–Trinajstić information content (AvgIpc) is 3.21. The summed E-state index contributed by atoms with van der Waals surface area (Å²) in [5.41, 5.74) is 2.68. The molecule has 0 aliphatic carbocycles. The molecular formula is C28H35N3O3. The van der Waals surface area contributed by atoms with E-state index in [-0.39, 0.29) is 5.91 Å². The number of amides is 2. The summed E-state index contributed by atoms with van der Waals surface area (Å²) in [5, 5.41) is 3.93. The van der Waals surface area contributed by atoms with Crippen LogP contribution in [0, 0.1) is 5.92 Å². The molecule has 0 spiro atoms. The van der Waals surface area contributed by atoms with Crippen molar-refractivity contribution in [3.63, 3.8) is 0 Å². The van der Waals surface area contributed by atoms with Gasteiger partial charge < -0.3 is 19.9 Å². The number of H-pyrrole nitrogens is 1. The zero-order chi connectivity index (χ0) is 24.1. The molecule has 2 heterocycles. The van der Waals surface area contributed by atoms with E-state index in [2.05, 4.69) is 34.6 Å². The van der Waals surface area contributed by atoms with Gasteiger partial charge in [0.25, 0.3) is 0 Å². The van der Waals surface area contributed by atoms with Crippen LogP contribution in [0.2, 0.25) is 0 Å². The average molecular weight is 462 g/mol. The standard InChI is InChI=1S/C28H35N3O3/c1-28(2,3)34-27(33)30-25(17-22-18-29-24-14-8-7-13-23(22)24)26(32)31-15-9-12-21(19-31)16-20-10-5-4-6-11-20/h4-8,10-11,13-14,18,21,25,29H,9,12,15-17,19H2,1-3H3,(H,30,33)/t21-,25?/m1/s1. The van der Waals surface area contributed by atoms with Gasteiger partial charge in [-0.3, -0.25) is 4.79 Å². The lowest BCUT2D eigenvalue weighted by Gasteiger charge is -2.35. The Morgan fingerprint density at radius 3 is 2.62 bits per heavy atom. The highest BCUT2D eigenvalue weighted by atomic mass is 16.6. The van der Waals surface area contributed by atoms with Gasteiger partial charge in [-0.05, 0) is 63.1 Å². The number of hydrogen-bond donors (Lipinski definition) is 2. The number of nitrogens with one attached hydrogen (secondary N) is 2. The van der Waals surface area contributed by atoms with Crippen LogP contribution < -0.4 is 5.32 Å². The molecule has 6 nitrogen and oxygen atoms in total. The van der Waals surface area contributed by atoms with E-state index >= 15 is 0 Å². The monoisotopic (exact) mass is 461 g/mol. The van der Waals surface area contributed by atoms with Crippen molar-refractivity contribution >= 4 is 22.9 Å². The molecule has 4 rings (SSSR count). The fourth-order valence-corrected chi connectivity index (χ4v) is 4.77. The lowest BCUT2D eigenvalue weighted by Crippen LogP contribution is -2.53. The summed E-state index contributed by atoms with van der Waals surface area (Å²) >= 11 is 0. The smallest absolute Gasteiger partial charge is 0.408 e. The molecule has 6 heteroatoms. The van der Waals surface area contributed by atoms with Crippen molar-refractivity contribution in [2.75, 3.05) is 13.1 Å². The fraction of sp³-hybridized carbons (Fsp3) is 0.429. The van der Waals surface area contributed by atoms with E-state index in [0.29, 0.717) is 25.4 Å². The third kappa shape index (κ3) is 6.19. The Hall–Kier alpha value is -3.28. The van der Waals surface area contributed by atoms with Crippen LogP contribution in [0.3, 0.4) is 0 Å². The van der Waals surface area contributed by atoms with Gasteiger partial charge in [-0.15, -0.1) is 0 Å². The van der Waals surface area contributed by atoms with Gasteiger partial charge in [-0.25, -0.2) is 4.79 Å². The highest BCUT2D eigenvalue weighted by molar-refractivity contribution is 5.88. The second-order valence-corrected chi connectivity index (χ2v) is 10.2. The Morgan fingerprint density at radius 2 is 1.85 bits per heavy atom. The van der Waals surface area contributed by atoms with E-state index in [4.69, 9.17) is 4.74 Å². The highest BCUT2D eigenvalue weighted by Crippen LogP contribution is 2.24. The number of para-hydroxylation sites is 1. The molecule has 1 aliphatic rings. The summed E-state index contributed by atoms with van der Waals surface area (Å²) in [6.07, 6.45) is 4.79. The van der Waals surface area contributed by atoms with E-state index in [0.717, 1.165) is 35.7 Å². The molecule has 2 amide bonds. The maximum Gasteiger partial charge on any atom is 0.408 e. The number of aromatic nitrogens is 1. The largest absolute Gasteiger partial charge is 0.444 e. The topological polar surface area (TPSA) is 74.4 Å². The van der Waals surface area contributed by atoms with Gasteiger partial charge >= 0.3 is 6.09 Å². The number of nitrogens with zero attached hydrogens (tertiary/aromatic N) is 1. The molecule has 34 heavy (non-hydrogen) atoms. The van der Waals surface area contributed by atoms with Crippen LogP contribution in [-0.2, 0) is 22.4 Å². The number of likely N-dealkylation sites (tertiary alicyclic amines) is 1. The second kappa shape index (κ2) is 10.3. The number of aromatic amines is 1. The Balaban J connectivity index is 1.50. The first kappa shape index (κ1) is 23.9. The van der Waals surface area contributed by atoms with Crippen LogP contribution in [0.4, 0.5) is 4.79 Å². The van der Waals surface area contributed by atoms with Gasteiger partial charge in [0.1, 0.15) is 11.6 Å². The molecule has 1 aromatic heterocycles. The minimum atomic E-state index is -0.690. The van der Waals surface area contributed by atoms with E-state index in [1.54, 1.807) is 0 Å². The number of carbonyl (C=O) groups is 2. The van der Waals surface area contributed by atoms with Gasteiger partial charge in [-0.2, -0.15) is 0 Å². The van der Waals surface area contributed by atoms with E-state index in [1.165, 1.54) is 5.56 Å². The highest BCUT2D eigenvalue weighted by Gasteiger charge is 2.32. The molecule has 180 valence electrons. The van der Waals surface area contributed by atoms with Crippen molar-refractivity contribution in [3.8, 4) is 0 Å². The molecule has 0 bridgehead atoms. The van der Waals surface area contributed by atoms with Gasteiger partial charge in [0.15, 0.2) is 0 Å². The van der Waals surface area contributed by atoms with Crippen molar-refractivity contribution in [1.29, 1.82) is 0 Å². The molecule has 1 saturated heterocycles. The Labute approximate surface area is 201 Å². The predicted octanol–water partition coefficient (Wildman–Crippen LogP) is 5.09. The number of ether oxygens (including phenoxy) is 1. The van der Waals surface area contributed by atoms with E-state index in [9.17, 15) is 9.59 Å². The number of alkyl carbamates (subject to hydrolysis) is 1. The zero-order valence-corrected chi connectivity index (χ0v) is 20.3. The first-order valence-corrected chi connectivity index (χ1v) is 12.2. The van der Waals surface area contributed by atoms with Gasteiger partial charge in [0.05, 0.1) is 0 Å². The normalized spacial score (nSPS) is 17.4. The van der Waals surface area contributed by atoms with Crippen molar-refractivity contribution in [3.05, 3.63) is 71.9 Å². The summed E-state index contributed by atoms with van der Waals surface area (Å²) < 4.78 is 5.48.